The van der Waals surface area contributed by atoms with Gasteiger partial charge in [-0.1, -0.05) is 20.8 Å². The molecule has 2 heteroatoms. The summed E-state index contributed by atoms with van der Waals surface area (Å²) in [5, 5.41) is 20.7. The second kappa shape index (κ2) is 2.12. The van der Waals surface area contributed by atoms with E-state index in [9.17, 15) is 10.2 Å². The monoisotopic (exact) mass is 187 g/mol. The number of rotatable bonds is 0. The molecule has 0 aromatic carbocycles. The molecule has 2 nitrogen and oxygen atoms in total. The van der Waals surface area contributed by atoms with Gasteiger partial charge < -0.3 is 10.2 Å². The van der Waals surface area contributed by atoms with E-state index in [1.165, 1.54) is 0 Å². The maximum absolute atomic E-state index is 10.6. The molecule has 0 heterocycles. The Hall–Kier alpha value is -0.0800. The van der Waals surface area contributed by atoms with Crippen molar-refractivity contribution in [3.63, 3.8) is 0 Å². The summed E-state index contributed by atoms with van der Waals surface area (Å²) in [6.07, 6.45) is 0.137. The fraction of sp³-hybridized carbons (Fsp3) is 1.00. The van der Waals surface area contributed by atoms with E-state index in [4.69, 9.17) is 4.11 Å². The van der Waals surface area contributed by atoms with Crippen molar-refractivity contribution in [1.82, 2.24) is 0 Å². The Morgan fingerprint density at radius 1 is 1.38 bits per heavy atom. The lowest BCUT2D eigenvalue weighted by Gasteiger charge is -2.45. The predicted molar refractivity (Wildman–Crippen MR) is 51.2 cm³/mol. The van der Waals surface area contributed by atoms with Gasteiger partial charge in [0.05, 0.1) is 11.7 Å². The number of hydrogen-bond donors (Lipinski definition) is 2. The molecule has 0 aliphatic heterocycles. The fourth-order valence-corrected chi connectivity index (χ4v) is 3.37. The van der Waals surface area contributed by atoms with Gasteiger partial charge in [0, 0.05) is 9.53 Å². The van der Waals surface area contributed by atoms with Gasteiger partial charge >= 0.3 is 0 Å². The van der Waals surface area contributed by atoms with E-state index in [-0.39, 0.29) is 17.8 Å². The quantitative estimate of drug-likeness (QED) is 0.604. The van der Waals surface area contributed by atoms with Crippen molar-refractivity contribution < 1.29 is 14.3 Å². The zero-order valence-electron chi connectivity index (χ0n) is 11.5. The average molecular weight is 187 g/mol. The molecule has 2 bridgehead atoms. The van der Waals surface area contributed by atoms with Crippen LogP contribution in [-0.2, 0) is 0 Å². The van der Waals surface area contributed by atoms with E-state index in [1.54, 1.807) is 6.92 Å². The standard InChI is InChI=1S/C11H20O2/c1-9(2)7-5-8(12)11(9,4)10(3,13)6-7/h7-8,12-13H,5-6H2,1-4H3/t7-,8+,10-,11+/m1/s1/i3D3. The summed E-state index contributed by atoms with van der Waals surface area (Å²) in [4.78, 5) is 0. The predicted octanol–water partition coefficient (Wildman–Crippen LogP) is 1.55. The molecule has 2 fully saturated rings. The molecule has 0 saturated heterocycles. The molecule has 4 atom stereocenters. The topological polar surface area (TPSA) is 40.5 Å². The summed E-state index contributed by atoms with van der Waals surface area (Å²) in [5.74, 6) is 0.0814. The van der Waals surface area contributed by atoms with Gasteiger partial charge in [-0.15, -0.1) is 0 Å². The molecular weight excluding hydrogens is 164 g/mol. The molecule has 0 amide bonds. The SMILES string of the molecule is [2H]C([2H])([2H])[C@@]1(O)C[C@H]2C[C@H](O)[C@@]1(C)C2(C)C. The lowest BCUT2D eigenvalue weighted by molar-refractivity contribution is -0.133. The van der Waals surface area contributed by atoms with Crippen LogP contribution in [0.4, 0.5) is 0 Å². The zero-order valence-corrected chi connectivity index (χ0v) is 8.46. The molecule has 2 rings (SSSR count). The number of aliphatic hydroxyl groups excluding tert-OH is 1. The van der Waals surface area contributed by atoms with Gasteiger partial charge in [0.15, 0.2) is 0 Å². The summed E-state index contributed by atoms with van der Waals surface area (Å²) in [6.45, 7) is 3.20. The minimum Gasteiger partial charge on any atom is -0.392 e. The summed E-state index contributed by atoms with van der Waals surface area (Å²) in [6, 6.07) is 0. The molecular formula is C11H20O2. The summed E-state index contributed by atoms with van der Waals surface area (Å²) < 4.78 is 22.6. The van der Waals surface area contributed by atoms with Crippen molar-refractivity contribution in [2.24, 2.45) is 16.7 Å². The molecule has 0 aromatic rings. The second-order valence-electron chi connectivity index (χ2n) is 5.44. The highest BCUT2D eigenvalue weighted by Gasteiger charge is 2.70. The van der Waals surface area contributed by atoms with Gasteiger partial charge in [0.2, 0.25) is 0 Å². The smallest absolute Gasteiger partial charge is 0.0705 e. The van der Waals surface area contributed by atoms with Crippen molar-refractivity contribution in [1.29, 1.82) is 0 Å². The third kappa shape index (κ3) is 0.774. The number of fused-ring (bicyclic) bond motifs is 2. The molecule has 2 saturated carbocycles. The van der Waals surface area contributed by atoms with Gasteiger partial charge in [-0.3, -0.25) is 0 Å². The van der Waals surface area contributed by atoms with E-state index < -0.39 is 24.0 Å². The Bertz CT molecular complexity index is 326. The van der Waals surface area contributed by atoms with Crippen LogP contribution in [0.25, 0.3) is 0 Å². The maximum atomic E-state index is 10.6. The van der Waals surface area contributed by atoms with Crippen LogP contribution in [0.15, 0.2) is 0 Å². The molecule has 13 heavy (non-hydrogen) atoms. The lowest BCUT2D eigenvalue weighted by Crippen LogP contribution is -2.51. The van der Waals surface area contributed by atoms with Crippen molar-refractivity contribution in [3.05, 3.63) is 0 Å². The van der Waals surface area contributed by atoms with E-state index >= 15 is 0 Å². The van der Waals surface area contributed by atoms with E-state index in [0.29, 0.717) is 6.42 Å². The summed E-state index contributed by atoms with van der Waals surface area (Å²) >= 11 is 0. The van der Waals surface area contributed by atoms with Crippen LogP contribution in [0.2, 0.25) is 0 Å². The van der Waals surface area contributed by atoms with Crippen LogP contribution in [-0.4, -0.2) is 21.9 Å². The van der Waals surface area contributed by atoms with Crippen molar-refractivity contribution >= 4 is 0 Å². The molecule has 2 aliphatic rings. The van der Waals surface area contributed by atoms with Crippen LogP contribution >= 0.6 is 0 Å². The minimum absolute atomic E-state index is 0.0814. The maximum Gasteiger partial charge on any atom is 0.0705 e. The first-order chi connectivity index (χ1) is 6.98. The van der Waals surface area contributed by atoms with Crippen LogP contribution in [0.1, 0.15) is 44.6 Å². The second-order valence-corrected chi connectivity index (χ2v) is 5.44. The first-order valence-electron chi connectivity index (χ1n) is 6.39. The van der Waals surface area contributed by atoms with Gasteiger partial charge in [-0.2, -0.15) is 0 Å². The van der Waals surface area contributed by atoms with Crippen molar-refractivity contribution in [2.45, 2.75) is 52.2 Å². The third-order valence-corrected chi connectivity index (χ3v) is 4.93. The molecule has 0 radical (unpaired) electrons. The normalized spacial score (nSPS) is 63.0. The van der Waals surface area contributed by atoms with Crippen LogP contribution in [0.3, 0.4) is 0 Å². The van der Waals surface area contributed by atoms with Gasteiger partial charge in [-0.25, -0.2) is 0 Å². The van der Waals surface area contributed by atoms with Gasteiger partial charge in [0.25, 0.3) is 0 Å². The molecule has 0 spiro atoms. The number of hydrogen-bond acceptors (Lipinski definition) is 2. The van der Waals surface area contributed by atoms with Gasteiger partial charge in [-0.05, 0) is 31.0 Å². The Morgan fingerprint density at radius 2 is 2.00 bits per heavy atom. The number of aliphatic hydroxyl groups is 2. The van der Waals surface area contributed by atoms with Crippen molar-refractivity contribution in [3.8, 4) is 0 Å². The van der Waals surface area contributed by atoms with Gasteiger partial charge in [0.1, 0.15) is 0 Å². The molecule has 2 N–H and O–H groups in total. The lowest BCUT2D eigenvalue weighted by atomic mass is 9.64. The third-order valence-electron chi connectivity index (χ3n) is 4.93. The fourth-order valence-electron chi connectivity index (χ4n) is 3.37. The minimum atomic E-state index is -2.44. The molecule has 76 valence electrons. The van der Waals surface area contributed by atoms with Crippen LogP contribution in [0.5, 0.6) is 0 Å². The average Bonchev–Trinajstić information content (AvgIpc) is 2.34. The first kappa shape index (κ1) is 6.41. The van der Waals surface area contributed by atoms with Crippen LogP contribution < -0.4 is 0 Å². The summed E-state index contributed by atoms with van der Waals surface area (Å²) in [5.41, 5.74) is -3.04. The van der Waals surface area contributed by atoms with Crippen molar-refractivity contribution in [2.75, 3.05) is 0 Å². The summed E-state index contributed by atoms with van der Waals surface area (Å²) in [7, 11) is 0. The Kier molecular flexibility index (Phi) is 1.04. The highest BCUT2D eigenvalue weighted by Crippen LogP contribution is 2.69. The molecule has 0 unspecified atom stereocenters. The zero-order chi connectivity index (χ0) is 12.6. The van der Waals surface area contributed by atoms with E-state index in [2.05, 4.69) is 0 Å². The Balaban J connectivity index is 2.57. The largest absolute Gasteiger partial charge is 0.392 e. The Morgan fingerprint density at radius 3 is 2.31 bits per heavy atom. The highest BCUT2D eigenvalue weighted by atomic mass is 16.3. The molecule has 2 aliphatic carbocycles. The van der Waals surface area contributed by atoms with Crippen LogP contribution in [0, 0.1) is 16.7 Å². The van der Waals surface area contributed by atoms with E-state index in [1.807, 2.05) is 13.8 Å². The first-order valence-corrected chi connectivity index (χ1v) is 4.89. The van der Waals surface area contributed by atoms with E-state index in [0.717, 1.165) is 0 Å². The Labute approximate surface area is 84.2 Å². The molecule has 0 aromatic heterocycles. The highest BCUT2D eigenvalue weighted by molar-refractivity contribution is 5.19.